The van der Waals surface area contributed by atoms with E-state index in [0.29, 0.717) is 16.3 Å². The fraction of sp³-hybridized carbons (Fsp3) is 0.211. The Bertz CT molecular complexity index is 1020. The Labute approximate surface area is 167 Å². The molecule has 0 unspecified atom stereocenters. The zero-order valence-corrected chi connectivity index (χ0v) is 16.7. The van der Waals surface area contributed by atoms with Crippen LogP contribution < -0.4 is 11.1 Å². The quantitative estimate of drug-likeness (QED) is 0.621. The molecule has 2 heterocycles. The number of aryl methyl sites for hydroxylation is 1. The molecule has 4 rings (SSSR count). The van der Waals surface area contributed by atoms with E-state index in [1.807, 2.05) is 24.3 Å². The minimum atomic E-state index is -0.514. The SMILES string of the molecule is NC(=O)c1c(NC(=O)c2cc(-c3ccc(Br)cc3)on2)sc2c1CCCC2. The molecular formula is C19H16BrN3O3S. The monoisotopic (exact) mass is 445 g/mol. The molecule has 0 bridgehead atoms. The predicted molar refractivity (Wildman–Crippen MR) is 107 cm³/mol. The summed E-state index contributed by atoms with van der Waals surface area (Å²) in [5.41, 5.74) is 7.94. The topological polar surface area (TPSA) is 98.2 Å². The summed E-state index contributed by atoms with van der Waals surface area (Å²) in [7, 11) is 0. The lowest BCUT2D eigenvalue weighted by Gasteiger charge is -2.11. The second-order valence-corrected chi connectivity index (χ2v) is 8.34. The Morgan fingerprint density at radius 1 is 1.19 bits per heavy atom. The first kappa shape index (κ1) is 17.9. The van der Waals surface area contributed by atoms with Gasteiger partial charge in [-0.05, 0) is 43.4 Å². The number of anilines is 1. The lowest BCUT2D eigenvalue weighted by atomic mass is 9.95. The van der Waals surface area contributed by atoms with Crippen LogP contribution in [0.2, 0.25) is 0 Å². The maximum atomic E-state index is 12.6. The maximum Gasteiger partial charge on any atom is 0.278 e. The van der Waals surface area contributed by atoms with Crippen LogP contribution in [0.25, 0.3) is 11.3 Å². The van der Waals surface area contributed by atoms with E-state index in [1.54, 1.807) is 6.07 Å². The van der Waals surface area contributed by atoms with Crippen molar-refractivity contribution in [1.82, 2.24) is 5.16 Å². The molecule has 8 heteroatoms. The first-order chi connectivity index (χ1) is 13.0. The predicted octanol–water partition coefficient (Wildman–Crippen LogP) is 4.40. The third kappa shape index (κ3) is 3.54. The normalized spacial score (nSPS) is 13.2. The fourth-order valence-corrected chi connectivity index (χ4v) is 4.77. The zero-order chi connectivity index (χ0) is 19.0. The highest BCUT2D eigenvalue weighted by atomic mass is 79.9. The first-order valence-electron chi connectivity index (χ1n) is 8.51. The van der Waals surface area contributed by atoms with Gasteiger partial charge in [-0.1, -0.05) is 33.2 Å². The van der Waals surface area contributed by atoms with Crippen LogP contribution in [0, 0.1) is 0 Å². The third-order valence-corrected chi connectivity index (χ3v) is 6.25. The molecule has 0 fully saturated rings. The number of carbonyl (C=O) groups excluding carboxylic acids is 2. The minimum Gasteiger partial charge on any atom is -0.365 e. The lowest BCUT2D eigenvalue weighted by Crippen LogP contribution is -2.18. The van der Waals surface area contributed by atoms with Gasteiger partial charge >= 0.3 is 0 Å². The summed E-state index contributed by atoms with van der Waals surface area (Å²) in [5.74, 6) is -0.447. The lowest BCUT2D eigenvalue weighted by molar-refractivity contribution is 0.100. The summed E-state index contributed by atoms with van der Waals surface area (Å²) < 4.78 is 6.24. The van der Waals surface area contributed by atoms with Crippen molar-refractivity contribution in [2.24, 2.45) is 5.73 Å². The van der Waals surface area contributed by atoms with Crippen LogP contribution >= 0.6 is 27.3 Å². The van der Waals surface area contributed by atoms with Gasteiger partial charge in [0.2, 0.25) is 0 Å². The third-order valence-electron chi connectivity index (χ3n) is 4.52. The molecule has 27 heavy (non-hydrogen) atoms. The molecule has 1 aliphatic carbocycles. The number of carbonyl (C=O) groups is 2. The number of nitrogens with two attached hydrogens (primary N) is 1. The Kier molecular flexibility index (Phi) is 4.84. The van der Waals surface area contributed by atoms with Crippen molar-refractivity contribution in [3.05, 3.63) is 56.5 Å². The molecule has 0 spiro atoms. The van der Waals surface area contributed by atoms with Gasteiger partial charge in [-0.2, -0.15) is 0 Å². The van der Waals surface area contributed by atoms with Gasteiger partial charge in [-0.3, -0.25) is 9.59 Å². The summed E-state index contributed by atoms with van der Waals surface area (Å²) in [6.07, 6.45) is 3.83. The van der Waals surface area contributed by atoms with Gasteiger partial charge in [0.15, 0.2) is 11.5 Å². The standard InChI is InChI=1S/C19H16BrN3O3S/c20-11-7-5-10(6-8-11)14-9-13(23-26-14)18(25)22-19-16(17(21)24)12-3-1-2-4-15(12)27-19/h5-9H,1-4H2,(H2,21,24)(H,22,25). The number of nitrogens with one attached hydrogen (secondary N) is 1. The van der Waals surface area contributed by atoms with E-state index in [2.05, 4.69) is 26.4 Å². The van der Waals surface area contributed by atoms with E-state index in [4.69, 9.17) is 10.3 Å². The molecule has 3 N–H and O–H groups in total. The number of thiophene rings is 1. The Hall–Kier alpha value is -2.45. The van der Waals surface area contributed by atoms with Gasteiger partial charge in [0, 0.05) is 21.0 Å². The van der Waals surface area contributed by atoms with E-state index in [9.17, 15) is 9.59 Å². The van der Waals surface area contributed by atoms with Crippen molar-refractivity contribution in [1.29, 1.82) is 0 Å². The van der Waals surface area contributed by atoms with Crippen LogP contribution in [0.4, 0.5) is 5.00 Å². The number of primary amides is 1. The van der Waals surface area contributed by atoms with E-state index in [0.717, 1.165) is 46.2 Å². The van der Waals surface area contributed by atoms with Crippen molar-refractivity contribution in [3.8, 4) is 11.3 Å². The van der Waals surface area contributed by atoms with Crippen LogP contribution in [0.3, 0.4) is 0 Å². The summed E-state index contributed by atoms with van der Waals surface area (Å²) in [5, 5.41) is 7.14. The smallest absolute Gasteiger partial charge is 0.278 e. The maximum absolute atomic E-state index is 12.6. The van der Waals surface area contributed by atoms with E-state index >= 15 is 0 Å². The van der Waals surface area contributed by atoms with Gasteiger partial charge in [0.1, 0.15) is 5.00 Å². The number of benzene rings is 1. The summed E-state index contributed by atoms with van der Waals surface area (Å²) in [4.78, 5) is 25.7. The van der Waals surface area contributed by atoms with Crippen molar-refractivity contribution < 1.29 is 14.1 Å². The molecule has 0 saturated carbocycles. The first-order valence-corrected chi connectivity index (χ1v) is 10.1. The molecule has 3 aromatic rings. The number of halogens is 1. The number of hydrogen-bond acceptors (Lipinski definition) is 5. The molecule has 0 aliphatic heterocycles. The Balaban J connectivity index is 1.59. The van der Waals surface area contributed by atoms with Crippen molar-refractivity contribution >= 4 is 44.1 Å². The number of rotatable bonds is 4. The summed E-state index contributed by atoms with van der Waals surface area (Å²) in [6, 6.07) is 9.07. The number of aromatic nitrogens is 1. The van der Waals surface area contributed by atoms with E-state index in [-0.39, 0.29) is 5.69 Å². The van der Waals surface area contributed by atoms with Crippen LogP contribution in [-0.4, -0.2) is 17.0 Å². The Morgan fingerprint density at radius 2 is 1.93 bits per heavy atom. The van der Waals surface area contributed by atoms with Gasteiger partial charge < -0.3 is 15.6 Å². The second kappa shape index (κ2) is 7.28. The van der Waals surface area contributed by atoms with Crippen LogP contribution in [0.5, 0.6) is 0 Å². The molecular weight excluding hydrogens is 430 g/mol. The number of nitrogens with zero attached hydrogens (tertiary/aromatic N) is 1. The molecule has 2 amide bonds. The molecule has 0 radical (unpaired) electrons. The van der Waals surface area contributed by atoms with Gasteiger partial charge in [-0.15, -0.1) is 11.3 Å². The summed E-state index contributed by atoms with van der Waals surface area (Å²) >= 11 is 4.80. The Morgan fingerprint density at radius 3 is 2.67 bits per heavy atom. The van der Waals surface area contributed by atoms with E-state index < -0.39 is 11.8 Å². The van der Waals surface area contributed by atoms with Crippen LogP contribution in [-0.2, 0) is 12.8 Å². The fourth-order valence-electron chi connectivity index (χ4n) is 3.21. The largest absolute Gasteiger partial charge is 0.365 e. The zero-order valence-electron chi connectivity index (χ0n) is 14.3. The average molecular weight is 446 g/mol. The molecule has 1 aromatic carbocycles. The molecule has 0 saturated heterocycles. The highest BCUT2D eigenvalue weighted by Gasteiger charge is 2.26. The van der Waals surface area contributed by atoms with E-state index in [1.165, 1.54) is 11.3 Å². The van der Waals surface area contributed by atoms with Crippen LogP contribution in [0.15, 0.2) is 39.3 Å². The highest BCUT2D eigenvalue weighted by molar-refractivity contribution is 9.10. The number of fused-ring (bicyclic) bond motifs is 1. The molecule has 6 nitrogen and oxygen atoms in total. The molecule has 1 aliphatic rings. The average Bonchev–Trinajstić information content (AvgIpc) is 3.26. The van der Waals surface area contributed by atoms with Gasteiger partial charge in [0.25, 0.3) is 11.8 Å². The van der Waals surface area contributed by atoms with Gasteiger partial charge in [0.05, 0.1) is 5.56 Å². The second-order valence-electron chi connectivity index (χ2n) is 6.32. The van der Waals surface area contributed by atoms with Crippen molar-refractivity contribution in [2.75, 3.05) is 5.32 Å². The van der Waals surface area contributed by atoms with Crippen LogP contribution in [0.1, 0.15) is 44.1 Å². The van der Waals surface area contributed by atoms with Crippen molar-refractivity contribution in [3.63, 3.8) is 0 Å². The number of hydrogen-bond donors (Lipinski definition) is 2. The number of amides is 2. The van der Waals surface area contributed by atoms with Gasteiger partial charge in [-0.25, -0.2) is 0 Å². The molecule has 0 atom stereocenters. The van der Waals surface area contributed by atoms with Crippen molar-refractivity contribution in [2.45, 2.75) is 25.7 Å². The molecule has 138 valence electrons. The minimum absolute atomic E-state index is 0.148. The highest BCUT2D eigenvalue weighted by Crippen LogP contribution is 2.38. The molecule has 2 aromatic heterocycles. The summed E-state index contributed by atoms with van der Waals surface area (Å²) in [6.45, 7) is 0.